The van der Waals surface area contributed by atoms with Crippen molar-refractivity contribution in [3.8, 4) is 6.07 Å². The fraction of sp³-hybridized carbons (Fsp3) is 0.0667. The Morgan fingerprint density at radius 1 is 1.30 bits per heavy atom. The molecule has 2 aromatic rings. The van der Waals surface area contributed by atoms with Crippen LogP contribution in [0.3, 0.4) is 0 Å². The van der Waals surface area contributed by atoms with Crippen LogP contribution in [-0.4, -0.2) is 5.91 Å². The number of nitrogen functional groups attached to an aromatic ring is 1. The van der Waals surface area contributed by atoms with E-state index in [0.717, 1.165) is 5.56 Å². The maximum Gasteiger partial charge on any atom is 0.255 e. The van der Waals surface area contributed by atoms with Gasteiger partial charge in [0.15, 0.2) is 0 Å². The number of amides is 1. The highest BCUT2D eigenvalue weighted by molar-refractivity contribution is 6.31. The van der Waals surface area contributed by atoms with E-state index in [1.54, 1.807) is 36.4 Å². The Hall–Kier alpha value is -2.51. The lowest BCUT2D eigenvalue weighted by Gasteiger charge is -2.09. The standard InChI is InChI=1S/C15H12ClN3O/c1-9-6-10(3-5-13(9)18)15(20)19-14-7-12(16)4-2-11(14)8-17/h2-7H,18H2,1H3,(H,19,20). The number of nitrogens with one attached hydrogen (secondary N) is 1. The molecule has 0 spiro atoms. The van der Waals surface area contributed by atoms with Crippen molar-refractivity contribution in [2.75, 3.05) is 11.1 Å². The van der Waals surface area contributed by atoms with Crippen LogP contribution in [0.4, 0.5) is 11.4 Å². The minimum absolute atomic E-state index is 0.313. The summed E-state index contributed by atoms with van der Waals surface area (Å²) >= 11 is 5.87. The molecule has 0 bridgehead atoms. The van der Waals surface area contributed by atoms with Crippen molar-refractivity contribution in [1.82, 2.24) is 0 Å². The van der Waals surface area contributed by atoms with Gasteiger partial charge in [-0.25, -0.2) is 0 Å². The van der Waals surface area contributed by atoms with Gasteiger partial charge >= 0.3 is 0 Å². The molecule has 2 aromatic carbocycles. The first-order valence-corrected chi connectivity index (χ1v) is 6.26. The van der Waals surface area contributed by atoms with Gasteiger partial charge in [-0.05, 0) is 48.9 Å². The van der Waals surface area contributed by atoms with E-state index < -0.39 is 0 Å². The molecule has 4 nitrogen and oxygen atoms in total. The molecule has 2 rings (SSSR count). The van der Waals surface area contributed by atoms with Crippen LogP contribution in [0.1, 0.15) is 21.5 Å². The van der Waals surface area contributed by atoms with Crippen molar-refractivity contribution >= 4 is 28.9 Å². The third kappa shape index (κ3) is 2.90. The number of hydrogen-bond acceptors (Lipinski definition) is 3. The number of nitrogens with two attached hydrogens (primary N) is 1. The molecule has 0 unspecified atom stereocenters. The van der Waals surface area contributed by atoms with E-state index in [1.807, 2.05) is 13.0 Å². The van der Waals surface area contributed by atoms with Crippen molar-refractivity contribution in [2.45, 2.75) is 6.92 Å². The first-order valence-electron chi connectivity index (χ1n) is 5.88. The van der Waals surface area contributed by atoms with Crippen molar-refractivity contribution in [1.29, 1.82) is 5.26 Å². The minimum atomic E-state index is -0.313. The molecular formula is C15H12ClN3O. The molecule has 0 aliphatic rings. The lowest BCUT2D eigenvalue weighted by Crippen LogP contribution is -2.13. The number of hydrogen-bond donors (Lipinski definition) is 2. The number of aryl methyl sites for hydroxylation is 1. The predicted octanol–water partition coefficient (Wildman–Crippen LogP) is 3.35. The summed E-state index contributed by atoms with van der Waals surface area (Å²) in [6, 6.07) is 11.7. The number of anilines is 2. The van der Waals surface area contributed by atoms with Crippen LogP contribution in [0, 0.1) is 18.3 Å². The summed E-state index contributed by atoms with van der Waals surface area (Å²) in [5.74, 6) is -0.313. The summed E-state index contributed by atoms with van der Waals surface area (Å²) in [4.78, 5) is 12.2. The van der Waals surface area contributed by atoms with Crippen molar-refractivity contribution in [2.24, 2.45) is 0 Å². The van der Waals surface area contributed by atoms with Gasteiger partial charge in [0.2, 0.25) is 0 Å². The molecule has 0 fully saturated rings. The second kappa shape index (κ2) is 5.64. The Labute approximate surface area is 121 Å². The number of nitrogens with zero attached hydrogens (tertiary/aromatic N) is 1. The summed E-state index contributed by atoms with van der Waals surface area (Å²) in [7, 11) is 0. The summed E-state index contributed by atoms with van der Waals surface area (Å²) in [6.45, 7) is 1.83. The van der Waals surface area contributed by atoms with Crippen molar-refractivity contribution in [3.05, 3.63) is 58.1 Å². The van der Waals surface area contributed by atoms with Crippen LogP contribution < -0.4 is 11.1 Å². The highest BCUT2D eigenvalue weighted by Crippen LogP contribution is 2.21. The Morgan fingerprint density at radius 3 is 2.70 bits per heavy atom. The van der Waals surface area contributed by atoms with Gasteiger partial charge in [0.25, 0.3) is 5.91 Å². The van der Waals surface area contributed by atoms with E-state index in [0.29, 0.717) is 27.5 Å². The van der Waals surface area contributed by atoms with E-state index in [4.69, 9.17) is 22.6 Å². The third-order valence-electron chi connectivity index (χ3n) is 2.88. The number of halogens is 1. The summed E-state index contributed by atoms with van der Waals surface area (Å²) in [6.07, 6.45) is 0. The number of carbonyl (C=O) groups is 1. The lowest BCUT2D eigenvalue weighted by molar-refractivity contribution is 0.102. The molecule has 0 radical (unpaired) electrons. The average molecular weight is 286 g/mol. The third-order valence-corrected chi connectivity index (χ3v) is 3.12. The number of nitriles is 1. The van der Waals surface area contributed by atoms with Crippen LogP contribution >= 0.6 is 11.6 Å². The van der Waals surface area contributed by atoms with E-state index in [-0.39, 0.29) is 5.91 Å². The number of carbonyl (C=O) groups excluding carboxylic acids is 1. The number of rotatable bonds is 2. The molecule has 100 valence electrons. The zero-order valence-corrected chi connectivity index (χ0v) is 11.5. The summed E-state index contributed by atoms with van der Waals surface area (Å²) < 4.78 is 0. The second-order valence-electron chi connectivity index (χ2n) is 4.33. The van der Waals surface area contributed by atoms with Gasteiger partial charge < -0.3 is 11.1 Å². The van der Waals surface area contributed by atoms with Gasteiger partial charge in [0, 0.05) is 16.3 Å². The van der Waals surface area contributed by atoms with E-state index in [2.05, 4.69) is 5.32 Å². The largest absolute Gasteiger partial charge is 0.399 e. The van der Waals surface area contributed by atoms with Crippen molar-refractivity contribution in [3.63, 3.8) is 0 Å². The highest BCUT2D eigenvalue weighted by atomic mass is 35.5. The average Bonchev–Trinajstić information content (AvgIpc) is 2.42. The Morgan fingerprint density at radius 2 is 2.05 bits per heavy atom. The molecule has 3 N–H and O–H groups in total. The first kappa shape index (κ1) is 13.9. The van der Waals surface area contributed by atoms with Crippen molar-refractivity contribution < 1.29 is 4.79 Å². The fourth-order valence-electron chi connectivity index (χ4n) is 1.73. The normalized spacial score (nSPS) is 9.85. The first-order chi connectivity index (χ1) is 9.51. The smallest absolute Gasteiger partial charge is 0.255 e. The van der Waals surface area contributed by atoms with Gasteiger partial charge in [0.05, 0.1) is 11.3 Å². The molecule has 0 aromatic heterocycles. The molecule has 0 heterocycles. The zero-order valence-electron chi connectivity index (χ0n) is 10.8. The second-order valence-corrected chi connectivity index (χ2v) is 4.76. The van der Waals surface area contributed by atoms with Gasteiger partial charge in [-0.15, -0.1) is 0 Å². The van der Waals surface area contributed by atoms with Crippen LogP contribution in [0.15, 0.2) is 36.4 Å². The van der Waals surface area contributed by atoms with E-state index in [1.165, 1.54) is 0 Å². The molecule has 0 aliphatic heterocycles. The van der Waals surface area contributed by atoms with Crippen LogP contribution in [-0.2, 0) is 0 Å². The van der Waals surface area contributed by atoms with Crippen LogP contribution in [0.2, 0.25) is 5.02 Å². The molecule has 0 aliphatic carbocycles. The Balaban J connectivity index is 2.30. The minimum Gasteiger partial charge on any atom is -0.399 e. The Kier molecular flexibility index (Phi) is 3.92. The molecule has 5 heteroatoms. The van der Waals surface area contributed by atoms with Crippen LogP contribution in [0.5, 0.6) is 0 Å². The SMILES string of the molecule is Cc1cc(C(=O)Nc2cc(Cl)ccc2C#N)ccc1N. The van der Waals surface area contributed by atoms with E-state index >= 15 is 0 Å². The van der Waals surface area contributed by atoms with Gasteiger partial charge in [-0.2, -0.15) is 5.26 Å². The van der Waals surface area contributed by atoms with Gasteiger partial charge in [0.1, 0.15) is 6.07 Å². The molecule has 0 atom stereocenters. The molecule has 20 heavy (non-hydrogen) atoms. The zero-order chi connectivity index (χ0) is 14.7. The topological polar surface area (TPSA) is 78.9 Å². The lowest BCUT2D eigenvalue weighted by atomic mass is 10.1. The van der Waals surface area contributed by atoms with Crippen LogP contribution in [0.25, 0.3) is 0 Å². The van der Waals surface area contributed by atoms with Gasteiger partial charge in [-0.1, -0.05) is 11.6 Å². The highest BCUT2D eigenvalue weighted by Gasteiger charge is 2.10. The monoisotopic (exact) mass is 285 g/mol. The quantitative estimate of drug-likeness (QED) is 0.831. The molecule has 0 saturated heterocycles. The summed E-state index contributed by atoms with van der Waals surface area (Å²) in [5, 5.41) is 12.1. The Bertz CT molecular complexity index is 720. The van der Waals surface area contributed by atoms with E-state index in [9.17, 15) is 4.79 Å². The molecule has 1 amide bonds. The maximum absolute atomic E-state index is 12.2. The molecule has 0 saturated carbocycles. The number of benzene rings is 2. The molecular weight excluding hydrogens is 274 g/mol. The maximum atomic E-state index is 12.2. The fourth-order valence-corrected chi connectivity index (χ4v) is 1.90. The van der Waals surface area contributed by atoms with Gasteiger partial charge in [-0.3, -0.25) is 4.79 Å². The predicted molar refractivity (Wildman–Crippen MR) is 79.7 cm³/mol. The summed E-state index contributed by atoms with van der Waals surface area (Å²) in [5.41, 5.74) is 8.38.